The number of carbonyl (C=O) groups is 1. The van der Waals surface area contributed by atoms with Crippen LogP contribution >= 0.6 is 0 Å². The molecule has 4 aromatic rings. The zero-order valence-corrected chi connectivity index (χ0v) is 18.7. The minimum absolute atomic E-state index is 0.00371. The van der Waals surface area contributed by atoms with Crippen molar-refractivity contribution in [1.82, 2.24) is 19.9 Å². The molecule has 4 rings (SSSR count). The molecule has 0 atom stereocenters. The van der Waals surface area contributed by atoms with Crippen molar-refractivity contribution < 1.29 is 4.79 Å². The molecule has 4 N–H and O–H groups in total. The highest BCUT2D eigenvalue weighted by atomic mass is 16.1. The molecule has 0 spiro atoms. The molecular formula is C25H30N6O. The summed E-state index contributed by atoms with van der Waals surface area (Å²) in [4.78, 5) is 21.2. The number of hydrogen-bond donors (Lipinski definition) is 3. The smallest absolute Gasteiger partial charge is 0.234 e. The first-order chi connectivity index (χ1) is 15.6. The normalized spacial score (nSPS) is 11.2. The SMILES string of the molecule is CCCCc1nc2c(NC)nc3ccccc3c2n1Cc1ccc(CNC(=O)CN)cc1. The molecule has 2 heterocycles. The van der Waals surface area contributed by atoms with E-state index >= 15 is 0 Å². The molecule has 32 heavy (non-hydrogen) atoms. The summed E-state index contributed by atoms with van der Waals surface area (Å²) in [5, 5.41) is 7.15. The number of imidazole rings is 1. The predicted molar refractivity (Wildman–Crippen MR) is 130 cm³/mol. The van der Waals surface area contributed by atoms with Crippen molar-refractivity contribution in [3.8, 4) is 0 Å². The largest absolute Gasteiger partial charge is 0.371 e. The van der Waals surface area contributed by atoms with E-state index in [1.54, 1.807) is 0 Å². The quantitative estimate of drug-likeness (QED) is 0.377. The van der Waals surface area contributed by atoms with E-state index in [0.29, 0.717) is 6.54 Å². The van der Waals surface area contributed by atoms with Crippen LogP contribution in [0, 0.1) is 0 Å². The lowest BCUT2D eigenvalue weighted by atomic mass is 10.1. The van der Waals surface area contributed by atoms with Crippen molar-refractivity contribution in [3.05, 3.63) is 65.5 Å². The number of anilines is 1. The topological polar surface area (TPSA) is 97.9 Å². The van der Waals surface area contributed by atoms with Crippen molar-refractivity contribution in [1.29, 1.82) is 0 Å². The number of aryl methyl sites for hydroxylation is 1. The number of nitrogens with one attached hydrogen (secondary N) is 2. The van der Waals surface area contributed by atoms with Gasteiger partial charge in [-0.2, -0.15) is 0 Å². The molecule has 0 unspecified atom stereocenters. The van der Waals surface area contributed by atoms with Gasteiger partial charge in [-0.15, -0.1) is 0 Å². The van der Waals surface area contributed by atoms with Gasteiger partial charge in [0.15, 0.2) is 5.82 Å². The second kappa shape index (κ2) is 9.78. The van der Waals surface area contributed by atoms with E-state index in [2.05, 4.69) is 58.5 Å². The average molecular weight is 431 g/mol. The minimum Gasteiger partial charge on any atom is -0.371 e. The van der Waals surface area contributed by atoms with Gasteiger partial charge in [0.25, 0.3) is 0 Å². The number of nitrogens with zero attached hydrogens (tertiary/aromatic N) is 3. The van der Waals surface area contributed by atoms with Gasteiger partial charge in [0.2, 0.25) is 5.91 Å². The number of carbonyl (C=O) groups excluding carboxylic acids is 1. The molecule has 7 nitrogen and oxygen atoms in total. The third-order valence-corrected chi connectivity index (χ3v) is 5.69. The summed E-state index contributed by atoms with van der Waals surface area (Å²) in [7, 11) is 1.89. The van der Waals surface area contributed by atoms with Crippen LogP contribution in [0.25, 0.3) is 21.9 Å². The van der Waals surface area contributed by atoms with Gasteiger partial charge >= 0.3 is 0 Å². The van der Waals surface area contributed by atoms with Gasteiger partial charge in [-0.3, -0.25) is 4.79 Å². The molecule has 0 saturated heterocycles. The van der Waals surface area contributed by atoms with E-state index in [9.17, 15) is 4.79 Å². The van der Waals surface area contributed by atoms with Crippen LogP contribution in [-0.4, -0.2) is 34.0 Å². The molecular weight excluding hydrogens is 400 g/mol. The number of nitrogens with two attached hydrogens (primary N) is 1. The minimum atomic E-state index is -0.152. The van der Waals surface area contributed by atoms with Gasteiger partial charge in [-0.1, -0.05) is 55.8 Å². The molecule has 2 aromatic heterocycles. The summed E-state index contributed by atoms with van der Waals surface area (Å²) in [5.74, 6) is 1.73. The third-order valence-electron chi connectivity index (χ3n) is 5.69. The Bertz CT molecular complexity index is 1230. The third kappa shape index (κ3) is 4.43. The maximum absolute atomic E-state index is 11.4. The molecule has 0 aliphatic heterocycles. The van der Waals surface area contributed by atoms with Gasteiger partial charge in [-0.05, 0) is 23.6 Å². The van der Waals surface area contributed by atoms with E-state index in [-0.39, 0.29) is 12.5 Å². The Hall–Kier alpha value is -3.45. The number of amides is 1. The maximum Gasteiger partial charge on any atom is 0.234 e. The molecule has 0 aliphatic carbocycles. The number of fused-ring (bicyclic) bond motifs is 3. The van der Waals surface area contributed by atoms with E-state index in [4.69, 9.17) is 15.7 Å². The summed E-state index contributed by atoms with van der Waals surface area (Å²) in [6.07, 6.45) is 3.12. The second-order valence-electron chi connectivity index (χ2n) is 7.94. The number of para-hydroxylation sites is 1. The molecule has 0 radical (unpaired) electrons. The summed E-state index contributed by atoms with van der Waals surface area (Å²) in [6, 6.07) is 16.6. The van der Waals surface area contributed by atoms with Crippen LogP contribution in [0.1, 0.15) is 36.7 Å². The predicted octanol–water partition coefficient (Wildman–Crippen LogP) is 3.59. The second-order valence-corrected chi connectivity index (χ2v) is 7.94. The number of pyridine rings is 1. The Morgan fingerprint density at radius 2 is 1.81 bits per heavy atom. The molecule has 0 saturated carbocycles. The molecule has 1 amide bonds. The molecule has 0 fully saturated rings. The highest BCUT2D eigenvalue weighted by Gasteiger charge is 2.18. The van der Waals surface area contributed by atoms with Crippen molar-refractivity contribution in [3.63, 3.8) is 0 Å². The van der Waals surface area contributed by atoms with Crippen LogP contribution in [0.15, 0.2) is 48.5 Å². The maximum atomic E-state index is 11.4. The number of hydrogen-bond acceptors (Lipinski definition) is 5. The number of benzene rings is 2. The lowest BCUT2D eigenvalue weighted by Crippen LogP contribution is -2.29. The molecule has 7 heteroatoms. The summed E-state index contributed by atoms with van der Waals surface area (Å²) < 4.78 is 2.33. The van der Waals surface area contributed by atoms with E-state index in [1.165, 1.54) is 5.56 Å². The van der Waals surface area contributed by atoms with Gasteiger partial charge in [-0.25, -0.2) is 9.97 Å². The van der Waals surface area contributed by atoms with Gasteiger partial charge < -0.3 is 20.9 Å². The molecule has 0 bridgehead atoms. The van der Waals surface area contributed by atoms with Crippen molar-refractivity contribution in [2.45, 2.75) is 39.3 Å². The first kappa shape index (κ1) is 21.8. The lowest BCUT2D eigenvalue weighted by molar-refractivity contribution is -0.119. The van der Waals surface area contributed by atoms with Crippen molar-refractivity contribution >= 4 is 33.7 Å². The Morgan fingerprint density at radius 3 is 2.53 bits per heavy atom. The first-order valence-electron chi connectivity index (χ1n) is 11.1. The van der Waals surface area contributed by atoms with Gasteiger partial charge in [0.05, 0.1) is 17.6 Å². The van der Waals surface area contributed by atoms with Gasteiger partial charge in [0.1, 0.15) is 11.3 Å². The molecule has 166 valence electrons. The average Bonchev–Trinajstić information content (AvgIpc) is 3.19. The fraction of sp³-hybridized carbons (Fsp3) is 0.320. The Kier molecular flexibility index (Phi) is 6.66. The van der Waals surface area contributed by atoms with E-state index < -0.39 is 0 Å². The van der Waals surface area contributed by atoms with Crippen LogP contribution in [-0.2, 0) is 24.3 Å². The first-order valence-corrected chi connectivity index (χ1v) is 11.1. The summed E-state index contributed by atoms with van der Waals surface area (Å²) >= 11 is 0. The Labute approximate surface area is 188 Å². The number of rotatable bonds is 9. The van der Waals surface area contributed by atoms with Crippen LogP contribution in [0.5, 0.6) is 0 Å². The van der Waals surface area contributed by atoms with Crippen LogP contribution in [0.4, 0.5) is 5.82 Å². The Morgan fingerprint density at radius 1 is 1.06 bits per heavy atom. The van der Waals surface area contributed by atoms with E-state index in [1.807, 2.05) is 19.2 Å². The monoisotopic (exact) mass is 430 g/mol. The van der Waals surface area contributed by atoms with Crippen molar-refractivity contribution in [2.75, 3.05) is 18.9 Å². The number of unbranched alkanes of at least 4 members (excludes halogenated alkanes) is 1. The summed E-state index contributed by atoms with van der Waals surface area (Å²) in [6.45, 7) is 3.41. The number of aromatic nitrogens is 3. The fourth-order valence-corrected chi connectivity index (χ4v) is 3.97. The lowest BCUT2D eigenvalue weighted by Gasteiger charge is -2.12. The van der Waals surface area contributed by atoms with Gasteiger partial charge in [0, 0.05) is 31.9 Å². The fourth-order valence-electron chi connectivity index (χ4n) is 3.97. The van der Waals surface area contributed by atoms with Crippen LogP contribution in [0.2, 0.25) is 0 Å². The van der Waals surface area contributed by atoms with Crippen LogP contribution in [0.3, 0.4) is 0 Å². The Balaban J connectivity index is 1.75. The van der Waals surface area contributed by atoms with Crippen LogP contribution < -0.4 is 16.4 Å². The highest BCUT2D eigenvalue weighted by molar-refractivity contribution is 6.07. The molecule has 2 aromatic carbocycles. The zero-order valence-electron chi connectivity index (χ0n) is 18.7. The standard InChI is InChI=1S/C25H30N6O/c1-3-4-9-21-30-23-24(19-7-5-6-8-20(19)29-25(23)27-2)31(21)16-18-12-10-17(11-13-18)15-28-22(32)14-26/h5-8,10-13H,3-4,9,14-16,26H2,1-2H3,(H,27,29)(H,28,32). The highest BCUT2D eigenvalue weighted by Crippen LogP contribution is 2.31. The molecule has 0 aliphatic rings. The zero-order chi connectivity index (χ0) is 22.5. The van der Waals surface area contributed by atoms with E-state index in [0.717, 1.165) is 64.9 Å². The summed E-state index contributed by atoms with van der Waals surface area (Å²) in [5.41, 5.74) is 10.6. The van der Waals surface area contributed by atoms with Crippen molar-refractivity contribution in [2.24, 2.45) is 5.73 Å².